The Balaban J connectivity index is 0.920. The van der Waals surface area contributed by atoms with E-state index in [-0.39, 0.29) is 0 Å². The molecule has 0 radical (unpaired) electrons. The van der Waals surface area contributed by atoms with E-state index in [9.17, 15) is 0 Å². The van der Waals surface area contributed by atoms with Crippen LogP contribution in [0.3, 0.4) is 0 Å². The molecule has 0 aliphatic carbocycles. The quantitative estimate of drug-likeness (QED) is 0.161. The van der Waals surface area contributed by atoms with Crippen molar-refractivity contribution in [3.05, 3.63) is 231 Å². The fraction of sp³-hybridized carbons (Fsp3) is 0. The summed E-state index contributed by atoms with van der Waals surface area (Å²) < 4.78 is 8.66. The average molecular weight is 779 g/mol. The van der Waals surface area contributed by atoms with Crippen molar-refractivity contribution in [2.45, 2.75) is 0 Å². The minimum atomic E-state index is 0.881. The Morgan fingerprint density at radius 1 is 0.311 bits per heavy atom. The Hall–Kier alpha value is -8.14. The molecular weight excluding hydrogens is 741 g/mol. The smallest absolute Gasteiger partial charge is 0.135 e. The lowest BCUT2D eigenvalue weighted by molar-refractivity contribution is 0.669. The first kappa shape index (κ1) is 34.9. The van der Waals surface area contributed by atoms with E-state index in [1.807, 2.05) is 12.1 Å². The van der Waals surface area contributed by atoms with Gasteiger partial charge in [0.2, 0.25) is 0 Å². The summed E-state index contributed by atoms with van der Waals surface area (Å²) in [6.45, 7) is 0. The third-order valence-electron chi connectivity index (χ3n) is 12.2. The number of furan rings is 1. The van der Waals surface area contributed by atoms with E-state index in [0.717, 1.165) is 44.6 Å². The highest BCUT2D eigenvalue weighted by Gasteiger charge is 2.18. The monoisotopic (exact) mass is 778 g/mol. The van der Waals surface area contributed by atoms with Gasteiger partial charge in [0.15, 0.2) is 0 Å². The normalized spacial score (nSPS) is 11.6. The zero-order valence-electron chi connectivity index (χ0n) is 33.2. The predicted molar refractivity (Wildman–Crippen MR) is 257 cm³/mol. The third-order valence-corrected chi connectivity index (χ3v) is 12.2. The molecule has 0 bridgehead atoms. The highest BCUT2D eigenvalue weighted by molar-refractivity contribution is 6.10. The molecular formula is C58H38N2O. The molecule has 0 atom stereocenters. The number of rotatable bonds is 7. The Labute approximate surface area is 353 Å². The Morgan fingerprint density at radius 2 is 0.869 bits per heavy atom. The largest absolute Gasteiger partial charge is 0.456 e. The van der Waals surface area contributed by atoms with Gasteiger partial charge in [-0.2, -0.15) is 0 Å². The summed E-state index contributed by atoms with van der Waals surface area (Å²) in [4.78, 5) is 2.35. The molecule has 3 heteroatoms. The molecule has 12 rings (SSSR count). The molecule has 0 aliphatic rings. The maximum absolute atomic E-state index is 6.25. The van der Waals surface area contributed by atoms with Gasteiger partial charge in [0, 0.05) is 44.2 Å². The van der Waals surface area contributed by atoms with Crippen molar-refractivity contribution in [1.82, 2.24) is 4.57 Å². The fourth-order valence-electron chi connectivity index (χ4n) is 9.23. The highest BCUT2D eigenvalue weighted by atomic mass is 16.3. The molecule has 12 aromatic rings. The Morgan fingerprint density at radius 3 is 1.66 bits per heavy atom. The Bertz CT molecular complexity index is 3540. The zero-order chi connectivity index (χ0) is 40.3. The standard InChI is InChI=1S/C58H38N2O/c1-2-13-43-36-45(29-26-39(43)12-1)44-14-11-15-47(37-44)59(48-34-35-58-53(38-48)52-19-6-10-23-57(52)61-58)46-32-30-41(31-33-46)40-24-27-42(28-25-40)49-16-3-7-20-54(49)60-55-21-8-4-17-50(55)51-18-5-9-22-56(51)60/h1-38H. The molecule has 0 saturated heterocycles. The molecule has 0 spiro atoms. The minimum Gasteiger partial charge on any atom is -0.456 e. The van der Waals surface area contributed by atoms with Gasteiger partial charge in [-0.25, -0.2) is 0 Å². The van der Waals surface area contributed by atoms with Crippen LogP contribution >= 0.6 is 0 Å². The number of anilines is 3. The second kappa shape index (κ2) is 14.3. The molecule has 10 aromatic carbocycles. The van der Waals surface area contributed by atoms with Crippen molar-refractivity contribution in [2.75, 3.05) is 4.90 Å². The molecule has 0 N–H and O–H groups in total. The van der Waals surface area contributed by atoms with Crippen LogP contribution in [0.2, 0.25) is 0 Å². The van der Waals surface area contributed by atoms with Crippen LogP contribution in [-0.2, 0) is 0 Å². The van der Waals surface area contributed by atoms with Crippen LogP contribution in [0.25, 0.3) is 93.6 Å². The van der Waals surface area contributed by atoms with Gasteiger partial charge >= 0.3 is 0 Å². The van der Waals surface area contributed by atoms with Crippen molar-refractivity contribution in [3.8, 4) is 39.1 Å². The summed E-state index contributed by atoms with van der Waals surface area (Å²) in [5, 5.41) is 7.21. The third kappa shape index (κ3) is 5.98. The zero-order valence-corrected chi connectivity index (χ0v) is 33.2. The van der Waals surface area contributed by atoms with Crippen molar-refractivity contribution >= 4 is 71.6 Å². The van der Waals surface area contributed by atoms with Crippen LogP contribution in [0.4, 0.5) is 17.1 Å². The topological polar surface area (TPSA) is 21.3 Å². The van der Waals surface area contributed by atoms with Gasteiger partial charge in [-0.05, 0) is 111 Å². The average Bonchev–Trinajstić information content (AvgIpc) is 3.87. The van der Waals surface area contributed by atoms with Gasteiger partial charge < -0.3 is 13.9 Å². The Kier molecular flexibility index (Phi) is 8.17. The van der Waals surface area contributed by atoms with Crippen LogP contribution < -0.4 is 4.90 Å². The summed E-state index contributed by atoms with van der Waals surface area (Å²) in [6.07, 6.45) is 0. The van der Waals surface area contributed by atoms with Crippen LogP contribution in [0.1, 0.15) is 0 Å². The van der Waals surface area contributed by atoms with Crippen LogP contribution in [0.5, 0.6) is 0 Å². The second-order valence-electron chi connectivity index (χ2n) is 15.7. The first-order valence-electron chi connectivity index (χ1n) is 20.8. The fourth-order valence-corrected chi connectivity index (χ4v) is 9.23. The number of fused-ring (bicyclic) bond motifs is 7. The molecule has 0 fully saturated rings. The maximum Gasteiger partial charge on any atom is 0.135 e. The van der Waals surface area contributed by atoms with E-state index in [4.69, 9.17) is 4.42 Å². The summed E-state index contributed by atoms with van der Waals surface area (Å²) in [7, 11) is 0. The van der Waals surface area contributed by atoms with Gasteiger partial charge in [-0.3, -0.25) is 0 Å². The van der Waals surface area contributed by atoms with Crippen molar-refractivity contribution < 1.29 is 4.42 Å². The first-order chi connectivity index (χ1) is 30.2. The number of aromatic nitrogens is 1. The summed E-state index contributed by atoms with van der Waals surface area (Å²) in [5.41, 5.74) is 15.6. The van der Waals surface area contributed by atoms with Crippen LogP contribution in [-0.4, -0.2) is 4.57 Å². The predicted octanol–water partition coefficient (Wildman–Crippen LogP) is 16.3. The van der Waals surface area contributed by atoms with Gasteiger partial charge in [0.1, 0.15) is 11.2 Å². The van der Waals surface area contributed by atoms with E-state index in [1.165, 1.54) is 66.1 Å². The molecule has 3 nitrogen and oxygen atoms in total. The SMILES string of the molecule is c1cc(-c2ccc3ccccc3c2)cc(N(c2ccc(-c3ccc(-c4ccccc4-n4c5ccccc5c5ccccc54)cc3)cc2)c2ccc3oc4ccccc4c3c2)c1. The summed E-state index contributed by atoms with van der Waals surface area (Å²) in [5.74, 6) is 0. The van der Waals surface area contributed by atoms with Gasteiger partial charge in [0.25, 0.3) is 0 Å². The lowest BCUT2D eigenvalue weighted by atomic mass is 9.98. The molecule has 0 unspecified atom stereocenters. The maximum atomic E-state index is 6.25. The van der Waals surface area contributed by atoms with Gasteiger partial charge in [-0.15, -0.1) is 0 Å². The molecule has 0 amide bonds. The van der Waals surface area contributed by atoms with E-state index in [1.54, 1.807) is 0 Å². The summed E-state index contributed by atoms with van der Waals surface area (Å²) >= 11 is 0. The number of hydrogen-bond acceptors (Lipinski definition) is 2. The number of nitrogens with zero attached hydrogens (tertiary/aromatic N) is 2. The van der Waals surface area contributed by atoms with Gasteiger partial charge in [-0.1, -0.05) is 158 Å². The minimum absolute atomic E-state index is 0.881. The molecule has 0 aliphatic heterocycles. The van der Waals surface area contributed by atoms with Crippen LogP contribution in [0, 0.1) is 0 Å². The van der Waals surface area contributed by atoms with Crippen LogP contribution in [0.15, 0.2) is 235 Å². The van der Waals surface area contributed by atoms with Gasteiger partial charge in [0.05, 0.1) is 16.7 Å². The number of para-hydroxylation sites is 4. The van der Waals surface area contributed by atoms with Crippen molar-refractivity contribution in [3.63, 3.8) is 0 Å². The lowest BCUT2D eigenvalue weighted by Gasteiger charge is -2.26. The van der Waals surface area contributed by atoms with Crippen molar-refractivity contribution in [2.24, 2.45) is 0 Å². The molecule has 286 valence electrons. The van der Waals surface area contributed by atoms with Crippen molar-refractivity contribution in [1.29, 1.82) is 0 Å². The molecule has 0 saturated carbocycles. The van der Waals surface area contributed by atoms with E-state index < -0.39 is 0 Å². The first-order valence-corrected chi connectivity index (χ1v) is 20.8. The number of hydrogen-bond donors (Lipinski definition) is 0. The molecule has 2 aromatic heterocycles. The van der Waals surface area contributed by atoms with E-state index in [2.05, 4.69) is 228 Å². The molecule has 61 heavy (non-hydrogen) atoms. The molecule has 2 heterocycles. The lowest BCUT2D eigenvalue weighted by Crippen LogP contribution is -2.10. The summed E-state index contributed by atoms with van der Waals surface area (Å²) in [6, 6.07) is 83.0. The van der Waals surface area contributed by atoms with E-state index >= 15 is 0 Å². The van der Waals surface area contributed by atoms with E-state index in [0.29, 0.717) is 0 Å². The number of benzene rings is 10. The second-order valence-corrected chi connectivity index (χ2v) is 15.7. The highest BCUT2D eigenvalue weighted by Crippen LogP contribution is 2.41.